The summed E-state index contributed by atoms with van der Waals surface area (Å²) in [6.45, 7) is 1.76. The van der Waals surface area contributed by atoms with Crippen molar-refractivity contribution < 1.29 is 14.7 Å². The van der Waals surface area contributed by atoms with Gasteiger partial charge in [0.05, 0.1) is 6.54 Å². The molecule has 0 saturated carbocycles. The van der Waals surface area contributed by atoms with Crippen molar-refractivity contribution in [2.75, 3.05) is 31.6 Å². The molecule has 0 spiro atoms. The maximum Gasteiger partial charge on any atom is 0.325 e. The summed E-state index contributed by atoms with van der Waals surface area (Å²) in [6.07, 6.45) is 0. The first-order valence-corrected chi connectivity index (χ1v) is 6.06. The Morgan fingerprint density at radius 2 is 2.16 bits per heavy atom. The van der Waals surface area contributed by atoms with E-state index < -0.39 is 12.0 Å². The number of rotatable bonds is 3. The van der Waals surface area contributed by atoms with Gasteiger partial charge in [-0.15, -0.1) is 0 Å². The van der Waals surface area contributed by atoms with Crippen molar-refractivity contribution in [2.45, 2.75) is 6.04 Å². The number of carboxylic acids is 1. The van der Waals surface area contributed by atoms with Crippen LogP contribution in [0.1, 0.15) is 11.6 Å². The van der Waals surface area contributed by atoms with Gasteiger partial charge in [0.1, 0.15) is 6.04 Å². The van der Waals surface area contributed by atoms with E-state index >= 15 is 0 Å². The average Bonchev–Trinajstić information content (AvgIpc) is 2.38. The van der Waals surface area contributed by atoms with E-state index in [-0.39, 0.29) is 5.91 Å². The Labute approximate surface area is 111 Å². The van der Waals surface area contributed by atoms with Gasteiger partial charge in [0.15, 0.2) is 0 Å². The Morgan fingerprint density at radius 3 is 2.79 bits per heavy atom. The van der Waals surface area contributed by atoms with Gasteiger partial charge in [-0.3, -0.25) is 14.5 Å². The van der Waals surface area contributed by atoms with E-state index in [1.54, 1.807) is 29.2 Å². The topological polar surface area (TPSA) is 86.9 Å². The van der Waals surface area contributed by atoms with Crippen LogP contribution < -0.4 is 10.6 Å². The Bertz CT molecular complexity index is 504. The fourth-order valence-corrected chi connectivity index (χ4v) is 2.09. The van der Waals surface area contributed by atoms with Crippen LogP contribution in [-0.4, -0.2) is 48.6 Å². The van der Waals surface area contributed by atoms with Gasteiger partial charge in [0.25, 0.3) is 0 Å². The van der Waals surface area contributed by atoms with Crippen LogP contribution in [-0.2, 0) is 9.59 Å². The molecule has 3 N–H and O–H groups in total. The average molecular weight is 263 g/mol. The lowest BCUT2D eigenvalue weighted by atomic mass is 10.1. The van der Waals surface area contributed by atoms with Crippen LogP contribution in [0, 0.1) is 0 Å². The van der Waals surface area contributed by atoms with E-state index in [0.717, 1.165) is 6.54 Å². The smallest absolute Gasteiger partial charge is 0.325 e. The zero-order valence-corrected chi connectivity index (χ0v) is 10.7. The van der Waals surface area contributed by atoms with Crippen molar-refractivity contribution in [3.8, 4) is 0 Å². The van der Waals surface area contributed by atoms with E-state index in [4.69, 9.17) is 10.8 Å². The van der Waals surface area contributed by atoms with Gasteiger partial charge in [-0.05, 0) is 24.7 Å². The molecule has 19 heavy (non-hydrogen) atoms. The molecule has 1 fully saturated rings. The van der Waals surface area contributed by atoms with Crippen molar-refractivity contribution in [1.82, 2.24) is 4.90 Å². The number of hydrogen-bond acceptors (Lipinski definition) is 4. The monoisotopic (exact) mass is 263 g/mol. The highest BCUT2D eigenvalue weighted by molar-refractivity contribution is 5.95. The Morgan fingerprint density at radius 1 is 1.42 bits per heavy atom. The molecular formula is C13H17N3O3. The maximum atomic E-state index is 12.0. The predicted octanol–water partition coefficient (Wildman–Crippen LogP) is 0.0494. The fraction of sp³-hybridized carbons (Fsp3) is 0.385. The molecule has 1 aromatic carbocycles. The summed E-state index contributed by atoms with van der Waals surface area (Å²) in [7, 11) is 1.89. The second-order valence-corrected chi connectivity index (χ2v) is 4.69. The third-order valence-electron chi connectivity index (χ3n) is 3.22. The van der Waals surface area contributed by atoms with Crippen molar-refractivity contribution in [1.29, 1.82) is 0 Å². The highest BCUT2D eigenvalue weighted by atomic mass is 16.4. The number of aliphatic carboxylic acids is 1. The SMILES string of the molecule is CN1CCN(c2cccc(C(N)C(=O)O)c2)C(=O)C1. The summed E-state index contributed by atoms with van der Waals surface area (Å²) in [5.74, 6) is -1.07. The van der Waals surface area contributed by atoms with E-state index in [1.807, 2.05) is 11.9 Å². The van der Waals surface area contributed by atoms with Crippen LogP contribution in [0.2, 0.25) is 0 Å². The summed E-state index contributed by atoms with van der Waals surface area (Å²) >= 11 is 0. The number of nitrogens with two attached hydrogens (primary N) is 1. The van der Waals surface area contributed by atoms with Crippen LogP contribution in [0.3, 0.4) is 0 Å². The van der Waals surface area contributed by atoms with Crippen molar-refractivity contribution in [2.24, 2.45) is 5.73 Å². The van der Waals surface area contributed by atoms with E-state index in [1.165, 1.54) is 0 Å². The van der Waals surface area contributed by atoms with Crippen LogP contribution in [0.15, 0.2) is 24.3 Å². The first kappa shape index (κ1) is 13.5. The van der Waals surface area contributed by atoms with Crippen LogP contribution in [0.5, 0.6) is 0 Å². The molecule has 0 aromatic heterocycles. The second kappa shape index (κ2) is 5.38. The number of amides is 1. The minimum absolute atomic E-state index is 0.00907. The molecule has 102 valence electrons. The molecule has 1 aromatic rings. The lowest BCUT2D eigenvalue weighted by Gasteiger charge is -2.32. The zero-order chi connectivity index (χ0) is 14.0. The molecule has 1 amide bonds. The fourth-order valence-electron chi connectivity index (χ4n) is 2.09. The molecule has 0 bridgehead atoms. The molecule has 1 unspecified atom stereocenters. The van der Waals surface area contributed by atoms with Crippen LogP contribution in [0.4, 0.5) is 5.69 Å². The van der Waals surface area contributed by atoms with Gasteiger partial charge in [-0.1, -0.05) is 12.1 Å². The number of benzene rings is 1. The molecule has 2 rings (SSSR count). The number of likely N-dealkylation sites (N-methyl/N-ethyl adjacent to an activating group) is 1. The highest BCUT2D eigenvalue weighted by Gasteiger charge is 2.23. The lowest BCUT2D eigenvalue weighted by Crippen LogP contribution is -2.48. The van der Waals surface area contributed by atoms with Gasteiger partial charge in [-0.2, -0.15) is 0 Å². The molecular weight excluding hydrogens is 246 g/mol. The number of piperazine rings is 1. The van der Waals surface area contributed by atoms with Crippen molar-refractivity contribution in [3.63, 3.8) is 0 Å². The van der Waals surface area contributed by atoms with Crippen molar-refractivity contribution in [3.05, 3.63) is 29.8 Å². The van der Waals surface area contributed by atoms with Gasteiger partial charge < -0.3 is 15.7 Å². The summed E-state index contributed by atoms with van der Waals surface area (Å²) in [5, 5.41) is 8.91. The third kappa shape index (κ3) is 2.91. The number of carbonyl (C=O) groups is 2. The summed E-state index contributed by atoms with van der Waals surface area (Å²) in [6, 6.07) is 5.77. The summed E-state index contributed by atoms with van der Waals surface area (Å²) in [4.78, 5) is 26.5. The number of carbonyl (C=O) groups excluding carboxylic acids is 1. The van der Waals surface area contributed by atoms with Gasteiger partial charge in [0.2, 0.25) is 5.91 Å². The number of hydrogen-bond donors (Lipinski definition) is 2. The highest BCUT2D eigenvalue weighted by Crippen LogP contribution is 2.21. The largest absolute Gasteiger partial charge is 0.480 e. The van der Waals surface area contributed by atoms with Gasteiger partial charge in [-0.25, -0.2) is 0 Å². The predicted molar refractivity (Wildman–Crippen MR) is 70.9 cm³/mol. The molecule has 1 atom stereocenters. The Hall–Kier alpha value is -1.92. The van der Waals surface area contributed by atoms with E-state index in [9.17, 15) is 9.59 Å². The van der Waals surface area contributed by atoms with Crippen molar-refractivity contribution >= 4 is 17.6 Å². The summed E-state index contributed by atoms with van der Waals surface area (Å²) < 4.78 is 0. The Kier molecular flexibility index (Phi) is 3.82. The molecule has 1 heterocycles. The first-order valence-electron chi connectivity index (χ1n) is 6.06. The second-order valence-electron chi connectivity index (χ2n) is 4.69. The minimum Gasteiger partial charge on any atom is -0.480 e. The molecule has 1 saturated heterocycles. The van der Waals surface area contributed by atoms with Gasteiger partial charge in [0, 0.05) is 18.8 Å². The van der Waals surface area contributed by atoms with E-state index in [0.29, 0.717) is 24.3 Å². The zero-order valence-electron chi connectivity index (χ0n) is 10.7. The molecule has 6 nitrogen and oxygen atoms in total. The van der Waals surface area contributed by atoms with Crippen LogP contribution >= 0.6 is 0 Å². The molecule has 1 aliphatic rings. The summed E-state index contributed by atoms with van der Waals surface area (Å²) in [5.41, 5.74) is 6.78. The molecule has 0 radical (unpaired) electrons. The Balaban J connectivity index is 2.23. The standard InChI is InChI=1S/C13H17N3O3/c1-15-5-6-16(11(17)8-15)10-4-2-3-9(7-10)12(14)13(18)19/h2-4,7,12H,5-6,8,14H2,1H3,(H,18,19). The minimum atomic E-state index is -1.08. The van der Waals surface area contributed by atoms with E-state index in [2.05, 4.69) is 0 Å². The number of anilines is 1. The number of nitrogens with zero attached hydrogens (tertiary/aromatic N) is 2. The number of carboxylic acid groups (broad SMARTS) is 1. The van der Waals surface area contributed by atoms with Crippen LogP contribution in [0.25, 0.3) is 0 Å². The lowest BCUT2D eigenvalue weighted by molar-refractivity contribution is -0.138. The molecule has 6 heteroatoms. The first-order chi connectivity index (χ1) is 8.99. The molecule has 0 aliphatic carbocycles. The molecule has 1 aliphatic heterocycles. The van der Waals surface area contributed by atoms with Gasteiger partial charge >= 0.3 is 5.97 Å². The normalized spacial score (nSPS) is 18.4. The third-order valence-corrected chi connectivity index (χ3v) is 3.22. The quantitative estimate of drug-likeness (QED) is 0.804. The maximum absolute atomic E-state index is 12.0.